The second-order valence-electron chi connectivity index (χ2n) is 3.97. The van der Waals surface area contributed by atoms with Gasteiger partial charge in [-0.2, -0.15) is 17.0 Å². The number of carbonyl (C=O) groups excluding carboxylic acids is 1. The quantitative estimate of drug-likeness (QED) is 0.840. The number of thioether (sulfide) groups is 1. The highest BCUT2D eigenvalue weighted by molar-refractivity contribution is 7.97. The molecule has 0 fully saturated rings. The van der Waals surface area contributed by atoms with E-state index >= 15 is 0 Å². The number of para-hydroxylation sites is 2. The number of imidazole rings is 1. The summed E-state index contributed by atoms with van der Waals surface area (Å²) in [5.74, 6) is 1.45. The highest BCUT2D eigenvalue weighted by Gasteiger charge is 2.12. The standard InChI is InChI=1S/C13H14N4OS/c1-19-9-12-16-10-4-2-3-5-11(10)17(12)8-13(18)15-7-6-14/h2-5H,7-9H2,1H3,(H,15,18). The molecule has 2 aromatic rings. The Bertz CT molecular complexity index is 629. The van der Waals surface area contributed by atoms with Gasteiger partial charge in [0.25, 0.3) is 0 Å². The van der Waals surface area contributed by atoms with E-state index in [1.54, 1.807) is 11.8 Å². The number of aromatic nitrogens is 2. The fourth-order valence-electron chi connectivity index (χ4n) is 1.88. The summed E-state index contributed by atoms with van der Waals surface area (Å²) >= 11 is 1.66. The van der Waals surface area contributed by atoms with E-state index in [2.05, 4.69) is 10.3 Å². The minimum Gasteiger partial charge on any atom is -0.341 e. The summed E-state index contributed by atoms with van der Waals surface area (Å²) in [5, 5.41) is 11.0. The highest BCUT2D eigenvalue weighted by Crippen LogP contribution is 2.18. The average molecular weight is 274 g/mol. The Morgan fingerprint density at radius 3 is 3.05 bits per heavy atom. The molecule has 0 aliphatic rings. The molecule has 1 heterocycles. The summed E-state index contributed by atoms with van der Waals surface area (Å²) in [6.45, 7) is 0.224. The van der Waals surface area contributed by atoms with Crippen LogP contribution in [0.5, 0.6) is 0 Å². The van der Waals surface area contributed by atoms with Gasteiger partial charge in [-0.25, -0.2) is 4.98 Å². The van der Waals surface area contributed by atoms with Crippen molar-refractivity contribution in [1.82, 2.24) is 14.9 Å². The van der Waals surface area contributed by atoms with Gasteiger partial charge in [-0.1, -0.05) is 12.1 Å². The van der Waals surface area contributed by atoms with Gasteiger partial charge >= 0.3 is 0 Å². The lowest BCUT2D eigenvalue weighted by Gasteiger charge is -2.07. The Labute approximate surface area is 115 Å². The van der Waals surface area contributed by atoms with Crippen LogP contribution in [-0.4, -0.2) is 28.3 Å². The number of nitriles is 1. The number of rotatable bonds is 5. The third-order valence-electron chi connectivity index (χ3n) is 2.67. The summed E-state index contributed by atoms with van der Waals surface area (Å²) in [5.41, 5.74) is 1.83. The fourth-order valence-corrected chi connectivity index (χ4v) is 2.36. The van der Waals surface area contributed by atoms with E-state index in [4.69, 9.17) is 5.26 Å². The molecule has 0 unspecified atom stereocenters. The minimum atomic E-state index is -0.174. The van der Waals surface area contributed by atoms with Crippen LogP contribution in [0.15, 0.2) is 24.3 Å². The van der Waals surface area contributed by atoms with Crippen LogP contribution in [0.4, 0.5) is 0 Å². The van der Waals surface area contributed by atoms with Crippen molar-refractivity contribution in [3.8, 4) is 6.07 Å². The molecule has 0 radical (unpaired) electrons. The van der Waals surface area contributed by atoms with Crippen LogP contribution < -0.4 is 5.32 Å². The minimum absolute atomic E-state index is 0.0311. The van der Waals surface area contributed by atoms with Gasteiger partial charge in [0.2, 0.25) is 5.91 Å². The van der Waals surface area contributed by atoms with E-state index in [1.807, 2.05) is 41.2 Å². The van der Waals surface area contributed by atoms with E-state index < -0.39 is 0 Å². The molecular formula is C13H14N4OS. The second-order valence-corrected chi connectivity index (χ2v) is 4.84. The van der Waals surface area contributed by atoms with Crippen molar-refractivity contribution < 1.29 is 4.79 Å². The number of fused-ring (bicyclic) bond motifs is 1. The van der Waals surface area contributed by atoms with Crippen molar-refractivity contribution in [2.45, 2.75) is 12.3 Å². The number of nitrogens with zero attached hydrogens (tertiary/aromatic N) is 3. The normalized spacial score (nSPS) is 10.3. The Balaban J connectivity index is 2.31. The molecule has 2 rings (SSSR count). The van der Waals surface area contributed by atoms with E-state index in [0.29, 0.717) is 0 Å². The molecule has 0 aliphatic heterocycles. The largest absolute Gasteiger partial charge is 0.341 e. The zero-order valence-corrected chi connectivity index (χ0v) is 11.4. The zero-order valence-electron chi connectivity index (χ0n) is 10.6. The maximum absolute atomic E-state index is 11.8. The first-order valence-electron chi connectivity index (χ1n) is 5.83. The molecule has 0 bridgehead atoms. The lowest BCUT2D eigenvalue weighted by Crippen LogP contribution is -2.28. The lowest BCUT2D eigenvalue weighted by molar-refractivity contribution is -0.121. The number of hydrogen-bond acceptors (Lipinski definition) is 4. The molecule has 0 atom stereocenters. The predicted molar refractivity (Wildman–Crippen MR) is 75.6 cm³/mol. The van der Waals surface area contributed by atoms with Crippen LogP contribution >= 0.6 is 11.8 Å². The number of carbonyl (C=O) groups is 1. The highest BCUT2D eigenvalue weighted by atomic mass is 32.2. The molecule has 1 N–H and O–H groups in total. The summed E-state index contributed by atoms with van der Waals surface area (Å²) in [6.07, 6.45) is 2.00. The van der Waals surface area contributed by atoms with Gasteiger partial charge in [0, 0.05) is 0 Å². The SMILES string of the molecule is CSCc1nc2ccccc2n1CC(=O)NCC#N. The summed E-state index contributed by atoms with van der Waals surface area (Å²) in [4.78, 5) is 16.3. The van der Waals surface area contributed by atoms with Gasteiger partial charge in [0.15, 0.2) is 0 Å². The van der Waals surface area contributed by atoms with Gasteiger partial charge in [-0.05, 0) is 18.4 Å². The van der Waals surface area contributed by atoms with Crippen LogP contribution in [-0.2, 0) is 17.1 Å². The molecule has 0 saturated heterocycles. The van der Waals surface area contributed by atoms with Gasteiger partial charge in [-0.15, -0.1) is 0 Å². The second kappa shape index (κ2) is 6.25. The van der Waals surface area contributed by atoms with Crippen molar-refractivity contribution in [2.75, 3.05) is 12.8 Å². The summed E-state index contributed by atoms with van der Waals surface area (Å²) < 4.78 is 1.90. The molecule has 1 aromatic carbocycles. The molecule has 0 aliphatic carbocycles. The molecule has 1 aromatic heterocycles. The summed E-state index contributed by atoms with van der Waals surface area (Å²) in [6, 6.07) is 9.63. The van der Waals surface area contributed by atoms with Crippen LogP contribution in [0.3, 0.4) is 0 Å². The van der Waals surface area contributed by atoms with Crippen LogP contribution in [0.25, 0.3) is 11.0 Å². The van der Waals surface area contributed by atoms with Crippen LogP contribution in [0.2, 0.25) is 0 Å². The molecule has 5 nitrogen and oxygen atoms in total. The topological polar surface area (TPSA) is 70.7 Å². The van der Waals surface area contributed by atoms with Gasteiger partial charge in [0.05, 0.1) is 22.9 Å². The number of benzene rings is 1. The van der Waals surface area contributed by atoms with Crippen molar-refractivity contribution in [1.29, 1.82) is 5.26 Å². The molecule has 19 heavy (non-hydrogen) atoms. The molecule has 98 valence electrons. The molecule has 1 amide bonds. The molecule has 0 spiro atoms. The predicted octanol–water partition coefficient (Wildman–Crippen LogP) is 1.54. The van der Waals surface area contributed by atoms with E-state index in [9.17, 15) is 4.79 Å². The first-order chi connectivity index (χ1) is 9.26. The smallest absolute Gasteiger partial charge is 0.240 e. The van der Waals surface area contributed by atoms with Gasteiger partial charge in [-0.3, -0.25) is 4.79 Å². The average Bonchev–Trinajstić information content (AvgIpc) is 2.75. The maximum atomic E-state index is 11.8. The van der Waals surface area contributed by atoms with Crippen molar-refractivity contribution in [3.63, 3.8) is 0 Å². The fraction of sp³-hybridized carbons (Fsp3) is 0.308. The van der Waals surface area contributed by atoms with Crippen molar-refractivity contribution in [2.24, 2.45) is 0 Å². The summed E-state index contributed by atoms with van der Waals surface area (Å²) in [7, 11) is 0. The first-order valence-corrected chi connectivity index (χ1v) is 7.22. The first kappa shape index (κ1) is 13.4. The third-order valence-corrected chi connectivity index (χ3v) is 3.22. The number of nitrogens with one attached hydrogen (secondary N) is 1. The zero-order chi connectivity index (χ0) is 13.7. The third kappa shape index (κ3) is 3.06. The maximum Gasteiger partial charge on any atom is 0.240 e. The Morgan fingerprint density at radius 2 is 2.32 bits per heavy atom. The van der Waals surface area contributed by atoms with E-state index in [0.717, 1.165) is 22.6 Å². The van der Waals surface area contributed by atoms with E-state index in [-0.39, 0.29) is 19.0 Å². The number of amides is 1. The van der Waals surface area contributed by atoms with Crippen LogP contribution in [0.1, 0.15) is 5.82 Å². The van der Waals surface area contributed by atoms with Crippen molar-refractivity contribution >= 4 is 28.7 Å². The lowest BCUT2D eigenvalue weighted by atomic mass is 10.3. The van der Waals surface area contributed by atoms with E-state index in [1.165, 1.54) is 0 Å². The van der Waals surface area contributed by atoms with Crippen molar-refractivity contribution in [3.05, 3.63) is 30.1 Å². The molecule has 6 heteroatoms. The Kier molecular flexibility index (Phi) is 4.42. The Hall–Kier alpha value is -2.00. The monoisotopic (exact) mass is 274 g/mol. The van der Waals surface area contributed by atoms with Gasteiger partial charge < -0.3 is 9.88 Å². The molecular weight excluding hydrogens is 260 g/mol. The Morgan fingerprint density at radius 1 is 1.53 bits per heavy atom. The number of hydrogen-bond donors (Lipinski definition) is 1. The van der Waals surface area contributed by atoms with Gasteiger partial charge in [0.1, 0.15) is 18.9 Å². The van der Waals surface area contributed by atoms with Crippen LogP contribution in [0, 0.1) is 11.3 Å². The molecule has 0 saturated carbocycles.